The van der Waals surface area contributed by atoms with Gasteiger partial charge in [0.25, 0.3) is 5.91 Å². The summed E-state index contributed by atoms with van der Waals surface area (Å²) in [5, 5.41) is 13.2. The number of amides is 1. The van der Waals surface area contributed by atoms with E-state index < -0.39 is 17.7 Å². The molecule has 4 rings (SSSR count). The molecule has 1 unspecified atom stereocenters. The maximum absolute atomic E-state index is 13.2. The zero-order valence-electron chi connectivity index (χ0n) is 17.1. The van der Waals surface area contributed by atoms with Crippen molar-refractivity contribution < 1.29 is 24.3 Å². The van der Waals surface area contributed by atoms with Crippen LogP contribution in [0.3, 0.4) is 0 Å². The first-order chi connectivity index (χ1) is 14.6. The molecular weight excluding hydrogens is 380 g/mol. The quantitative estimate of drug-likeness (QED) is 0.435. The number of nitrogens with one attached hydrogen (secondary N) is 1. The molecular formula is C24H26N2O4. The lowest BCUT2D eigenvalue weighted by Gasteiger charge is -2.30. The summed E-state index contributed by atoms with van der Waals surface area (Å²) in [5.41, 5.74) is 2.34. The minimum absolute atomic E-state index is 0.0482. The first kappa shape index (κ1) is 20.3. The lowest BCUT2D eigenvalue weighted by Crippen LogP contribution is -3.14. The van der Waals surface area contributed by atoms with Gasteiger partial charge in [0.1, 0.15) is 13.1 Å². The van der Waals surface area contributed by atoms with Crippen molar-refractivity contribution in [2.24, 2.45) is 0 Å². The number of carbonyl (C=O) groups excluding carboxylic acids is 2. The second-order valence-electron chi connectivity index (χ2n) is 7.86. The van der Waals surface area contributed by atoms with Gasteiger partial charge >= 0.3 is 0 Å². The number of morpholine rings is 1. The molecule has 0 aromatic heterocycles. The van der Waals surface area contributed by atoms with Crippen LogP contribution in [0.15, 0.2) is 60.2 Å². The van der Waals surface area contributed by atoms with E-state index in [2.05, 4.69) is 0 Å². The van der Waals surface area contributed by atoms with Crippen molar-refractivity contribution in [1.29, 1.82) is 0 Å². The molecule has 0 radical (unpaired) electrons. The van der Waals surface area contributed by atoms with Crippen LogP contribution in [-0.2, 0) is 14.3 Å². The van der Waals surface area contributed by atoms with Crippen molar-refractivity contribution in [2.45, 2.75) is 13.0 Å². The minimum atomic E-state index is -0.689. The fourth-order valence-electron chi connectivity index (χ4n) is 4.13. The number of ketones is 1. The van der Waals surface area contributed by atoms with Crippen molar-refractivity contribution in [1.82, 2.24) is 4.90 Å². The van der Waals surface area contributed by atoms with Gasteiger partial charge < -0.3 is 19.6 Å². The van der Waals surface area contributed by atoms with Crippen molar-refractivity contribution in [3.05, 3.63) is 76.9 Å². The number of carbonyl (C=O) groups is 2. The van der Waals surface area contributed by atoms with Crippen LogP contribution in [0.1, 0.15) is 22.7 Å². The van der Waals surface area contributed by atoms with Gasteiger partial charge in [0, 0.05) is 5.57 Å². The molecule has 2 saturated heterocycles. The average molecular weight is 406 g/mol. The molecule has 1 atom stereocenters. The van der Waals surface area contributed by atoms with E-state index in [0.29, 0.717) is 25.3 Å². The number of ether oxygens (including phenoxy) is 1. The van der Waals surface area contributed by atoms with Crippen molar-refractivity contribution in [3.8, 4) is 0 Å². The van der Waals surface area contributed by atoms with E-state index in [0.717, 1.165) is 30.8 Å². The standard InChI is InChI=1S/C24H26N2O4/c1-17-7-9-18(10-8-17)21-20(22(27)19-5-3-2-4-6-19)23(28)24(29)26(21)12-11-25-13-15-30-16-14-25/h2-10,21,27H,11-16H2,1H3. The number of hydrogen-bond acceptors (Lipinski definition) is 4. The fraction of sp³-hybridized carbons (Fsp3) is 0.333. The predicted octanol–water partition coefficient (Wildman–Crippen LogP) is 0.134. The molecule has 1 N–H and O–H groups in total. The van der Waals surface area contributed by atoms with Gasteiger partial charge in [-0.05, 0) is 18.1 Å². The van der Waals surface area contributed by atoms with Gasteiger partial charge in [0.2, 0.25) is 5.78 Å². The van der Waals surface area contributed by atoms with Crippen LogP contribution in [0.25, 0.3) is 5.76 Å². The van der Waals surface area contributed by atoms with Crippen LogP contribution in [0.5, 0.6) is 0 Å². The number of quaternary nitrogens is 1. The Bertz CT molecular complexity index is 947. The number of nitrogens with zero attached hydrogens (tertiary/aromatic N) is 1. The zero-order chi connectivity index (χ0) is 21.1. The Labute approximate surface area is 176 Å². The van der Waals surface area contributed by atoms with Gasteiger partial charge in [-0.3, -0.25) is 9.59 Å². The van der Waals surface area contributed by atoms with Gasteiger partial charge in [0.05, 0.1) is 32.3 Å². The molecule has 6 nitrogen and oxygen atoms in total. The van der Waals surface area contributed by atoms with Crippen LogP contribution < -0.4 is 10.0 Å². The molecule has 2 aromatic carbocycles. The summed E-state index contributed by atoms with van der Waals surface area (Å²) in [7, 11) is 0. The Hall–Kier alpha value is -2.96. The van der Waals surface area contributed by atoms with Gasteiger partial charge in [-0.15, -0.1) is 0 Å². The highest BCUT2D eigenvalue weighted by Crippen LogP contribution is 2.38. The fourth-order valence-corrected chi connectivity index (χ4v) is 4.13. The molecule has 2 aliphatic heterocycles. The highest BCUT2D eigenvalue weighted by atomic mass is 16.5. The Morgan fingerprint density at radius 2 is 1.73 bits per heavy atom. The zero-order valence-corrected chi connectivity index (χ0v) is 17.1. The summed E-state index contributed by atoms with van der Waals surface area (Å²) in [5.74, 6) is -1.65. The van der Waals surface area contributed by atoms with E-state index in [-0.39, 0.29) is 11.3 Å². The van der Waals surface area contributed by atoms with E-state index in [9.17, 15) is 14.7 Å². The summed E-state index contributed by atoms with van der Waals surface area (Å²) in [6, 6.07) is 15.7. The third kappa shape index (κ3) is 4.01. The number of Topliss-reactive ketones (excluding diaryl/α,β-unsaturated/α-hetero) is 1. The van der Waals surface area contributed by atoms with Crippen molar-refractivity contribution in [3.63, 3.8) is 0 Å². The second-order valence-corrected chi connectivity index (χ2v) is 7.86. The van der Waals surface area contributed by atoms with Crippen LogP contribution in [0, 0.1) is 6.92 Å². The number of rotatable bonds is 5. The summed E-state index contributed by atoms with van der Waals surface area (Å²) >= 11 is 0. The Kier molecular flexibility index (Phi) is 5.97. The van der Waals surface area contributed by atoms with Crippen LogP contribution in [0.4, 0.5) is 0 Å². The van der Waals surface area contributed by atoms with Gasteiger partial charge in [-0.25, -0.2) is 0 Å². The lowest BCUT2D eigenvalue weighted by molar-refractivity contribution is -0.907. The van der Waals surface area contributed by atoms with E-state index in [1.54, 1.807) is 29.2 Å². The normalized spacial score (nSPS) is 21.9. The summed E-state index contributed by atoms with van der Waals surface area (Å²) < 4.78 is 5.40. The smallest absolute Gasteiger partial charge is 0.295 e. The lowest BCUT2D eigenvalue weighted by atomic mass is 9.95. The molecule has 2 heterocycles. The molecule has 0 saturated carbocycles. The molecule has 1 amide bonds. The SMILES string of the molecule is Cc1ccc(C2C(=C([O-])c3ccccc3)C(=O)C(=O)N2CC[NH+]2CCOCC2)cc1. The summed E-state index contributed by atoms with van der Waals surface area (Å²) in [6.45, 7) is 6.28. The topological polar surface area (TPSA) is 74.1 Å². The van der Waals surface area contributed by atoms with Crippen molar-refractivity contribution >= 4 is 17.4 Å². The van der Waals surface area contributed by atoms with Crippen LogP contribution in [0.2, 0.25) is 0 Å². The monoisotopic (exact) mass is 406 g/mol. The Morgan fingerprint density at radius 1 is 1.07 bits per heavy atom. The van der Waals surface area contributed by atoms with Crippen molar-refractivity contribution in [2.75, 3.05) is 39.4 Å². The number of benzene rings is 2. The second kappa shape index (κ2) is 8.81. The van der Waals surface area contributed by atoms with E-state index in [1.807, 2.05) is 37.3 Å². The molecule has 2 aliphatic rings. The third-order valence-corrected chi connectivity index (χ3v) is 5.86. The van der Waals surface area contributed by atoms with Gasteiger partial charge in [-0.1, -0.05) is 65.9 Å². The Morgan fingerprint density at radius 3 is 2.40 bits per heavy atom. The first-order valence-corrected chi connectivity index (χ1v) is 10.4. The summed E-state index contributed by atoms with van der Waals surface area (Å²) in [4.78, 5) is 28.8. The molecule has 0 spiro atoms. The molecule has 2 aromatic rings. The van der Waals surface area contributed by atoms with Crippen LogP contribution >= 0.6 is 0 Å². The number of likely N-dealkylation sites (tertiary alicyclic amines) is 1. The maximum Gasteiger partial charge on any atom is 0.295 e. The number of aryl methyl sites for hydroxylation is 1. The van der Waals surface area contributed by atoms with E-state index in [1.165, 1.54) is 4.90 Å². The average Bonchev–Trinajstić information content (AvgIpc) is 3.04. The molecule has 30 heavy (non-hydrogen) atoms. The largest absolute Gasteiger partial charge is 0.872 e. The third-order valence-electron chi connectivity index (χ3n) is 5.86. The molecule has 156 valence electrons. The molecule has 0 aliphatic carbocycles. The minimum Gasteiger partial charge on any atom is -0.872 e. The molecule has 0 bridgehead atoms. The van der Waals surface area contributed by atoms with Gasteiger partial charge in [0.15, 0.2) is 0 Å². The highest BCUT2D eigenvalue weighted by Gasteiger charge is 2.44. The van der Waals surface area contributed by atoms with Gasteiger partial charge in [-0.2, -0.15) is 0 Å². The maximum atomic E-state index is 13.2. The summed E-state index contributed by atoms with van der Waals surface area (Å²) in [6.07, 6.45) is 0. The van der Waals surface area contributed by atoms with E-state index in [4.69, 9.17) is 4.74 Å². The van der Waals surface area contributed by atoms with Crippen LogP contribution in [-0.4, -0.2) is 56.0 Å². The molecule has 2 fully saturated rings. The Balaban J connectivity index is 1.72. The predicted molar refractivity (Wildman–Crippen MR) is 110 cm³/mol. The highest BCUT2D eigenvalue weighted by molar-refractivity contribution is 6.46. The number of hydrogen-bond donors (Lipinski definition) is 1. The molecule has 6 heteroatoms. The first-order valence-electron chi connectivity index (χ1n) is 10.4. The van der Waals surface area contributed by atoms with E-state index >= 15 is 0 Å².